The van der Waals surface area contributed by atoms with Gasteiger partial charge in [0.05, 0.1) is 18.5 Å². The SMILES string of the molecule is COc1cccc(-c2n[nH]c(C3CC3)c2NC(=O)COc2ccccc2)c1. The molecule has 1 amide bonds. The Morgan fingerprint density at radius 3 is 2.67 bits per heavy atom. The van der Waals surface area contributed by atoms with Gasteiger partial charge in [-0.1, -0.05) is 30.3 Å². The van der Waals surface area contributed by atoms with Crippen molar-refractivity contribution in [2.75, 3.05) is 19.0 Å². The third-order valence-corrected chi connectivity index (χ3v) is 4.50. The number of aromatic nitrogens is 2. The summed E-state index contributed by atoms with van der Waals surface area (Å²) in [5.74, 6) is 1.61. The molecule has 1 heterocycles. The molecule has 0 saturated heterocycles. The summed E-state index contributed by atoms with van der Waals surface area (Å²) in [5, 5.41) is 10.6. The summed E-state index contributed by atoms with van der Waals surface area (Å²) in [6, 6.07) is 16.9. The number of H-pyrrole nitrogens is 1. The topological polar surface area (TPSA) is 76.2 Å². The molecule has 2 N–H and O–H groups in total. The van der Waals surface area contributed by atoms with Crippen LogP contribution in [0.2, 0.25) is 0 Å². The van der Waals surface area contributed by atoms with E-state index in [1.807, 2.05) is 54.6 Å². The molecule has 1 aliphatic carbocycles. The van der Waals surface area contributed by atoms with E-state index in [0.29, 0.717) is 17.4 Å². The minimum atomic E-state index is -0.216. The Labute approximate surface area is 157 Å². The van der Waals surface area contributed by atoms with Gasteiger partial charge >= 0.3 is 0 Å². The Morgan fingerprint density at radius 1 is 1.15 bits per heavy atom. The van der Waals surface area contributed by atoms with Gasteiger partial charge in [0.15, 0.2) is 6.61 Å². The lowest BCUT2D eigenvalue weighted by molar-refractivity contribution is -0.118. The first kappa shape index (κ1) is 17.1. The molecule has 1 aliphatic rings. The lowest BCUT2D eigenvalue weighted by atomic mass is 10.1. The van der Waals surface area contributed by atoms with Crippen LogP contribution in [0.1, 0.15) is 24.5 Å². The second-order valence-corrected chi connectivity index (χ2v) is 6.52. The molecule has 0 spiro atoms. The number of anilines is 1. The first-order valence-corrected chi connectivity index (χ1v) is 8.95. The third kappa shape index (κ3) is 3.95. The largest absolute Gasteiger partial charge is 0.497 e. The smallest absolute Gasteiger partial charge is 0.262 e. The molecule has 138 valence electrons. The number of hydrogen-bond donors (Lipinski definition) is 2. The van der Waals surface area contributed by atoms with Crippen LogP contribution < -0.4 is 14.8 Å². The maximum absolute atomic E-state index is 12.5. The van der Waals surface area contributed by atoms with Crippen LogP contribution in [-0.4, -0.2) is 29.8 Å². The van der Waals surface area contributed by atoms with E-state index in [9.17, 15) is 4.79 Å². The minimum absolute atomic E-state index is 0.0587. The summed E-state index contributed by atoms with van der Waals surface area (Å²) in [7, 11) is 1.63. The van der Waals surface area contributed by atoms with E-state index in [0.717, 1.165) is 35.5 Å². The summed E-state index contributed by atoms with van der Waals surface area (Å²) < 4.78 is 10.9. The van der Waals surface area contributed by atoms with Crippen molar-refractivity contribution in [1.29, 1.82) is 0 Å². The van der Waals surface area contributed by atoms with Crippen molar-refractivity contribution in [2.45, 2.75) is 18.8 Å². The van der Waals surface area contributed by atoms with E-state index in [-0.39, 0.29) is 12.5 Å². The average Bonchev–Trinajstić information content (AvgIpc) is 3.48. The van der Waals surface area contributed by atoms with Crippen LogP contribution in [0.15, 0.2) is 54.6 Å². The van der Waals surface area contributed by atoms with Crippen LogP contribution in [0.25, 0.3) is 11.3 Å². The fourth-order valence-corrected chi connectivity index (χ4v) is 2.97. The summed E-state index contributed by atoms with van der Waals surface area (Å²) >= 11 is 0. The lowest BCUT2D eigenvalue weighted by Gasteiger charge is -2.10. The number of nitrogens with zero attached hydrogens (tertiary/aromatic N) is 1. The van der Waals surface area contributed by atoms with Crippen LogP contribution in [-0.2, 0) is 4.79 Å². The van der Waals surface area contributed by atoms with E-state index in [4.69, 9.17) is 9.47 Å². The number of amides is 1. The number of hydrogen-bond acceptors (Lipinski definition) is 4. The second kappa shape index (κ2) is 7.53. The number of ether oxygens (including phenoxy) is 2. The number of para-hydroxylation sites is 1. The van der Waals surface area contributed by atoms with Crippen molar-refractivity contribution in [2.24, 2.45) is 0 Å². The van der Waals surface area contributed by atoms with Crippen LogP contribution in [0.4, 0.5) is 5.69 Å². The van der Waals surface area contributed by atoms with Gasteiger partial charge in [-0.05, 0) is 37.1 Å². The number of carbonyl (C=O) groups excluding carboxylic acids is 1. The van der Waals surface area contributed by atoms with Crippen LogP contribution in [0, 0.1) is 0 Å². The third-order valence-electron chi connectivity index (χ3n) is 4.50. The van der Waals surface area contributed by atoms with E-state index in [1.165, 1.54) is 0 Å². The fraction of sp³-hybridized carbons (Fsp3) is 0.238. The number of benzene rings is 2. The van der Waals surface area contributed by atoms with Gasteiger partial charge in [0.25, 0.3) is 5.91 Å². The zero-order valence-corrected chi connectivity index (χ0v) is 15.1. The Kier molecular flexibility index (Phi) is 4.78. The normalized spacial score (nSPS) is 13.2. The number of carbonyl (C=O) groups is 1. The first-order valence-electron chi connectivity index (χ1n) is 8.95. The van der Waals surface area contributed by atoms with E-state index >= 15 is 0 Å². The zero-order valence-electron chi connectivity index (χ0n) is 15.1. The van der Waals surface area contributed by atoms with Gasteiger partial charge in [0, 0.05) is 11.5 Å². The molecule has 6 heteroatoms. The molecule has 0 atom stereocenters. The Hall–Kier alpha value is -3.28. The van der Waals surface area contributed by atoms with Crippen molar-refractivity contribution in [1.82, 2.24) is 10.2 Å². The Morgan fingerprint density at radius 2 is 1.93 bits per heavy atom. The summed E-state index contributed by atoms with van der Waals surface area (Å²) in [6.45, 7) is -0.0587. The minimum Gasteiger partial charge on any atom is -0.497 e. The van der Waals surface area contributed by atoms with E-state index < -0.39 is 0 Å². The number of methoxy groups -OCH3 is 1. The zero-order chi connectivity index (χ0) is 18.6. The molecule has 0 radical (unpaired) electrons. The predicted molar refractivity (Wildman–Crippen MR) is 103 cm³/mol. The molecule has 0 bridgehead atoms. The van der Waals surface area contributed by atoms with Crippen LogP contribution in [0.3, 0.4) is 0 Å². The van der Waals surface area contributed by atoms with Gasteiger partial charge in [-0.25, -0.2) is 0 Å². The molecule has 4 rings (SSSR count). The highest BCUT2D eigenvalue weighted by Crippen LogP contribution is 2.45. The molecular weight excluding hydrogens is 342 g/mol. The van der Waals surface area contributed by atoms with Gasteiger partial charge in [-0.3, -0.25) is 9.89 Å². The second-order valence-electron chi connectivity index (χ2n) is 6.52. The van der Waals surface area contributed by atoms with E-state index in [1.54, 1.807) is 7.11 Å². The molecule has 1 saturated carbocycles. The highest BCUT2D eigenvalue weighted by atomic mass is 16.5. The molecule has 0 aliphatic heterocycles. The maximum atomic E-state index is 12.5. The van der Waals surface area contributed by atoms with Gasteiger partial charge in [-0.15, -0.1) is 0 Å². The number of aromatic amines is 1. The average molecular weight is 363 g/mol. The van der Waals surface area contributed by atoms with Crippen LogP contribution >= 0.6 is 0 Å². The molecule has 0 unspecified atom stereocenters. The standard InChI is InChI=1S/C21H21N3O3/c1-26-17-9-5-6-15(12-17)20-21(19(23-24-20)14-10-11-14)22-18(25)13-27-16-7-3-2-4-8-16/h2-9,12,14H,10-11,13H2,1H3,(H,22,25)(H,23,24). The number of nitrogens with one attached hydrogen (secondary N) is 2. The summed E-state index contributed by atoms with van der Waals surface area (Å²) in [6.07, 6.45) is 2.20. The molecule has 2 aromatic carbocycles. The Balaban J connectivity index is 1.55. The van der Waals surface area contributed by atoms with E-state index in [2.05, 4.69) is 15.5 Å². The number of rotatable bonds is 7. The lowest BCUT2D eigenvalue weighted by Crippen LogP contribution is -2.21. The Bertz CT molecular complexity index is 933. The quantitative estimate of drug-likeness (QED) is 0.666. The van der Waals surface area contributed by atoms with Gasteiger partial charge in [-0.2, -0.15) is 5.10 Å². The van der Waals surface area contributed by atoms with Crippen molar-refractivity contribution in [3.8, 4) is 22.8 Å². The molecule has 3 aromatic rings. The molecule has 6 nitrogen and oxygen atoms in total. The van der Waals surface area contributed by atoms with Crippen LogP contribution in [0.5, 0.6) is 11.5 Å². The van der Waals surface area contributed by atoms with Gasteiger partial charge in [0.2, 0.25) is 0 Å². The fourth-order valence-electron chi connectivity index (χ4n) is 2.97. The van der Waals surface area contributed by atoms with Crippen molar-refractivity contribution >= 4 is 11.6 Å². The summed E-state index contributed by atoms with van der Waals surface area (Å²) in [4.78, 5) is 12.5. The highest BCUT2D eigenvalue weighted by molar-refractivity contribution is 5.96. The first-order chi connectivity index (χ1) is 13.2. The molecule has 27 heavy (non-hydrogen) atoms. The molecular formula is C21H21N3O3. The predicted octanol–water partition coefficient (Wildman–Crippen LogP) is 3.98. The molecule has 1 aromatic heterocycles. The van der Waals surface area contributed by atoms with Crippen molar-refractivity contribution in [3.05, 3.63) is 60.3 Å². The summed E-state index contributed by atoms with van der Waals surface area (Å²) in [5.41, 5.74) is 3.30. The van der Waals surface area contributed by atoms with Gasteiger partial charge < -0.3 is 14.8 Å². The van der Waals surface area contributed by atoms with Crippen molar-refractivity contribution in [3.63, 3.8) is 0 Å². The van der Waals surface area contributed by atoms with Gasteiger partial charge in [0.1, 0.15) is 17.2 Å². The molecule has 1 fully saturated rings. The maximum Gasteiger partial charge on any atom is 0.262 e. The highest BCUT2D eigenvalue weighted by Gasteiger charge is 2.31. The monoisotopic (exact) mass is 363 g/mol. The van der Waals surface area contributed by atoms with Crippen molar-refractivity contribution < 1.29 is 14.3 Å².